The Hall–Kier alpha value is -2.47. The molecule has 21 heavy (non-hydrogen) atoms. The molecule has 2 rings (SSSR count). The molecule has 0 aliphatic rings. The molecule has 0 atom stereocenters. The zero-order chi connectivity index (χ0) is 15.2. The smallest absolute Gasteiger partial charge is 0.255 e. The Morgan fingerprint density at radius 2 is 1.86 bits per heavy atom. The van der Waals surface area contributed by atoms with Crippen LogP contribution in [0.25, 0.3) is 0 Å². The Morgan fingerprint density at radius 3 is 2.57 bits per heavy atom. The monoisotopic (exact) mass is 301 g/mol. The van der Waals surface area contributed by atoms with Crippen LogP contribution in [0.15, 0.2) is 53.4 Å². The molecular weight excluding hydrogens is 286 g/mol. The highest BCUT2D eigenvalue weighted by Gasteiger charge is 2.10. The molecule has 0 radical (unpaired) electrons. The molecule has 0 aliphatic carbocycles. The fourth-order valence-corrected chi connectivity index (χ4v) is 2.47. The van der Waals surface area contributed by atoms with Crippen LogP contribution in [0.2, 0.25) is 0 Å². The van der Waals surface area contributed by atoms with Gasteiger partial charge in [-0.2, -0.15) is 0 Å². The summed E-state index contributed by atoms with van der Waals surface area (Å²) in [5.41, 5.74) is 12.4. The lowest BCUT2D eigenvalue weighted by Gasteiger charge is -2.10. The number of rotatable bonds is 5. The van der Waals surface area contributed by atoms with Crippen molar-refractivity contribution in [3.63, 3.8) is 0 Å². The summed E-state index contributed by atoms with van der Waals surface area (Å²) >= 11 is 1.28. The average Bonchev–Trinajstić information content (AvgIpc) is 2.46. The van der Waals surface area contributed by atoms with E-state index in [0.717, 1.165) is 4.90 Å². The van der Waals surface area contributed by atoms with E-state index in [-0.39, 0.29) is 11.7 Å². The minimum atomic E-state index is -0.406. The second kappa shape index (κ2) is 6.81. The van der Waals surface area contributed by atoms with Crippen LogP contribution < -0.4 is 16.8 Å². The molecule has 0 spiro atoms. The highest BCUT2D eigenvalue weighted by molar-refractivity contribution is 8.00. The summed E-state index contributed by atoms with van der Waals surface area (Å²) in [6.07, 6.45) is 0. The van der Waals surface area contributed by atoms with Gasteiger partial charge in [0, 0.05) is 16.1 Å². The lowest BCUT2D eigenvalue weighted by Crippen LogP contribution is -2.14. The van der Waals surface area contributed by atoms with Gasteiger partial charge in [0.25, 0.3) is 5.91 Å². The largest absolute Gasteiger partial charge is 0.399 e. The van der Waals surface area contributed by atoms with E-state index < -0.39 is 5.91 Å². The van der Waals surface area contributed by atoms with Gasteiger partial charge in [0.2, 0.25) is 5.91 Å². The summed E-state index contributed by atoms with van der Waals surface area (Å²) in [4.78, 5) is 23.8. The van der Waals surface area contributed by atoms with Crippen LogP contribution in [0.3, 0.4) is 0 Å². The number of amides is 2. The third kappa shape index (κ3) is 4.25. The van der Waals surface area contributed by atoms with Crippen LogP contribution >= 0.6 is 11.8 Å². The molecule has 5 N–H and O–H groups in total. The summed E-state index contributed by atoms with van der Waals surface area (Å²) in [6.45, 7) is 0. The minimum Gasteiger partial charge on any atom is -0.399 e. The van der Waals surface area contributed by atoms with Crippen molar-refractivity contribution in [2.75, 3.05) is 16.8 Å². The van der Waals surface area contributed by atoms with E-state index in [0.29, 0.717) is 16.9 Å². The van der Waals surface area contributed by atoms with Gasteiger partial charge in [-0.3, -0.25) is 9.59 Å². The van der Waals surface area contributed by atoms with Gasteiger partial charge >= 0.3 is 0 Å². The predicted octanol–water partition coefficient (Wildman–Crippen LogP) is 2.10. The quantitative estimate of drug-likeness (QED) is 0.582. The van der Waals surface area contributed by atoms with E-state index in [4.69, 9.17) is 11.5 Å². The molecule has 0 heterocycles. The van der Waals surface area contributed by atoms with Gasteiger partial charge in [0.05, 0.1) is 11.4 Å². The van der Waals surface area contributed by atoms with Crippen LogP contribution in [-0.4, -0.2) is 17.6 Å². The molecule has 0 saturated heterocycles. The predicted molar refractivity (Wildman–Crippen MR) is 85.2 cm³/mol. The fourth-order valence-electron chi connectivity index (χ4n) is 1.72. The lowest BCUT2D eigenvalue weighted by atomic mass is 10.2. The van der Waals surface area contributed by atoms with Crippen molar-refractivity contribution in [3.8, 4) is 0 Å². The average molecular weight is 301 g/mol. The molecule has 2 amide bonds. The zero-order valence-corrected chi connectivity index (χ0v) is 12.0. The Balaban J connectivity index is 2.15. The highest BCUT2D eigenvalue weighted by Crippen LogP contribution is 2.27. The molecule has 0 unspecified atom stereocenters. The zero-order valence-electron chi connectivity index (χ0n) is 11.2. The molecule has 0 aromatic heterocycles. The number of anilines is 2. The molecule has 0 bridgehead atoms. The van der Waals surface area contributed by atoms with Gasteiger partial charge in [-0.05, 0) is 30.3 Å². The van der Waals surface area contributed by atoms with E-state index in [1.54, 1.807) is 30.3 Å². The van der Waals surface area contributed by atoms with Crippen LogP contribution in [0.4, 0.5) is 11.4 Å². The maximum atomic E-state index is 12.2. The lowest BCUT2D eigenvalue weighted by molar-refractivity contribution is -0.115. The number of nitrogen functional groups attached to an aromatic ring is 1. The van der Waals surface area contributed by atoms with Crippen LogP contribution in [0, 0.1) is 0 Å². The van der Waals surface area contributed by atoms with E-state index in [2.05, 4.69) is 5.32 Å². The second-order valence-corrected chi connectivity index (χ2v) is 5.35. The molecule has 0 aliphatic heterocycles. The minimum absolute atomic E-state index is 0.158. The first-order valence-electron chi connectivity index (χ1n) is 6.23. The summed E-state index contributed by atoms with van der Waals surface area (Å²) in [7, 11) is 0. The summed E-state index contributed by atoms with van der Waals surface area (Å²) in [5, 5.41) is 2.81. The molecule has 108 valence electrons. The number of nitrogens with two attached hydrogens (primary N) is 2. The fraction of sp³-hybridized carbons (Fsp3) is 0.0667. The van der Waals surface area contributed by atoms with Crippen LogP contribution in [-0.2, 0) is 4.79 Å². The Morgan fingerprint density at radius 1 is 1.10 bits per heavy atom. The number of primary amides is 1. The number of hydrogen-bond donors (Lipinski definition) is 3. The molecule has 0 saturated carbocycles. The molecule has 2 aromatic rings. The van der Waals surface area contributed by atoms with Gasteiger partial charge in [0.15, 0.2) is 0 Å². The SMILES string of the molecule is NC(=O)CSc1ccccc1NC(=O)c1cccc(N)c1. The topological polar surface area (TPSA) is 98.2 Å². The summed E-state index contributed by atoms with van der Waals surface area (Å²) in [5.74, 6) is -0.503. The number of para-hydroxylation sites is 1. The van der Waals surface area contributed by atoms with E-state index in [1.807, 2.05) is 18.2 Å². The van der Waals surface area contributed by atoms with E-state index in [1.165, 1.54) is 11.8 Å². The van der Waals surface area contributed by atoms with Gasteiger partial charge in [0.1, 0.15) is 0 Å². The van der Waals surface area contributed by atoms with Crippen molar-refractivity contribution >= 4 is 35.0 Å². The van der Waals surface area contributed by atoms with Crippen molar-refractivity contribution < 1.29 is 9.59 Å². The number of benzene rings is 2. The van der Waals surface area contributed by atoms with Crippen LogP contribution in [0.5, 0.6) is 0 Å². The maximum Gasteiger partial charge on any atom is 0.255 e. The molecule has 0 fully saturated rings. The van der Waals surface area contributed by atoms with Crippen molar-refractivity contribution in [1.29, 1.82) is 0 Å². The molecule has 6 heteroatoms. The molecule has 2 aromatic carbocycles. The normalized spacial score (nSPS) is 10.1. The number of nitrogens with one attached hydrogen (secondary N) is 1. The molecule has 5 nitrogen and oxygen atoms in total. The second-order valence-electron chi connectivity index (χ2n) is 4.33. The Labute approximate surface area is 126 Å². The first kappa shape index (κ1) is 14.9. The maximum absolute atomic E-state index is 12.2. The third-order valence-electron chi connectivity index (χ3n) is 2.65. The number of thioether (sulfide) groups is 1. The first-order valence-corrected chi connectivity index (χ1v) is 7.22. The summed E-state index contributed by atoms with van der Waals surface area (Å²) < 4.78 is 0. The standard InChI is InChI=1S/C15H15N3O2S/c16-11-5-3-4-10(8-11)15(20)18-12-6-1-2-7-13(12)21-9-14(17)19/h1-8H,9,16H2,(H2,17,19)(H,18,20). The number of carbonyl (C=O) groups is 2. The van der Waals surface area contributed by atoms with Crippen molar-refractivity contribution in [2.24, 2.45) is 5.73 Å². The molecular formula is C15H15N3O2S. The van der Waals surface area contributed by atoms with Gasteiger partial charge in [-0.25, -0.2) is 0 Å². The Kier molecular flexibility index (Phi) is 4.84. The van der Waals surface area contributed by atoms with E-state index >= 15 is 0 Å². The van der Waals surface area contributed by atoms with Gasteiger partial charge < -0.3 is 16.8 Å². The number of carbonyl (C=O) groups excluding carboxylic acids is 2. The van der Waals surface area contributed by atoms with Crippen molar-refractivity contribution in [2.45, 2.75) is 4.90 Å². The van der Waals surface area contributed by atoms with E-state index in [9.17, 15) is 9.59 Å². The van der Waals surface area contributed by atoms with Crippen molar-refractivity contribution in [3.05, 3.63) is 54.1 Å². The third-order valence-corrected chi connectivity index (χ3v) is 3.75. The highest BCUT2D eigenvalue weighted by atomic mass is 32.2. The Bertz CT molecular complexity index is 673. The van der Waals surface area contributed by atoms with Gasteiger partial charge in [-0.1, -0.05) is 18.2 Å². The van der Waals surface area contributed by atoms with Crippen LogP contribution in [0.1, 0.15) is 10.4 Å². The van der Waals surface area contributed by atoms with Crippen molar-refractivity contribution in [1.82, 2.24) is 0 Å². The van der Waals surface area contributed by atoms with Gasteiger partial charge in [-0.15, -0.1) is 11.8 Å². The number of hydrogen-bond acceptors (Lipinski definition) is 4. The first-order chi connectivity index (χ1) is 10.1. The summed E-state index contributed by atoms with van der Waals surface area (Å²) in [6, 6.07) is 14.0.